The van der Waals surface area contributed by atoms with Gasteiger partial charge in [-0.3, -0.25) is 19.4 Å². The second-order valence-corrected chi connectivity index (χ2v) is 7.53. The summed E-state index contributed by atoms with van der Waals surface area (Å²) in [4.78, 5) is 28.2. The number of imide groups is 1. The third-order valence-electron chi connectivity index (χ3n) is 4.83. The minimum absolute atomic E-state index is 0.0444. The largest absolute Gasteiger partial charge is 0.314 e. The standard InChI is InChI=1S/C18H24BrN3O2/c1-13-9-15(19)10-14(11-22-17(23)3-2-4-18(22)24)16(13)12-21-7-5-20-6-8-21/h9-10,20H,2-8,11-12H2,1H3. The fraction of sp³-hybridized carbons (Fsp3) is 0.556. The first-order valence-corrected chi connectivity index (χ1v) is 9.38. The van der Waals surface area contributed by atoms with Crippen molar-refractivity contribution < 1.29 is 9.59 Å². The van der Waals surface area contributed by atoms with Crippen LogP contribution >= 0.6 is 15.9 Å². The highest BCUT2D eigenvalue weighted by Gasteiger charge is 2.27. The highest BCUT2D eigenvalue weighted by atomic mass is 79.9. The van der Waals surface area contributed by atoms with Crippen LogP contribution in [0.1, 0.15) is 36.0 Å². The molecule has 2 aliphatic heterocycles. The summed E-state index contributed by atoms with van der Waals surface area (Å²) in [5.74, 6) is -0.0889. The van der Waals surface area contributed by atoms with Gasteiger partial charge in [0.1, 0.15) is 0 Å². The Morgan fingerprint density at radius 2 is 1.75 bits per heavy atom. The summed E-state index contributed by atoms with van der Waals surface area (Å²) >= 11 is 3.56. The summed E-state index contributed by atoms with van der Waals surface area (Å²) < 4.78 is 0.996. The predicted molar refractivity (Wildman–Crippen MR) is 96.4 cm³/mol. The third-order valence-corrected chi connectivity index (χ3v) is 5.29. The van der Waals surface area contributed by atoms with Crippen LogP contribution in [-0.4, -0.2) is 47.8 Å². The van der Waals surface area contributed by atoms with E-state index >= 15 is 0 Å². The molecule has 2 aliphatic rings. The van der Waals surface area contributed by atoms with E-state index in [-0.39, 0.29) is 11.8 Å². The Morgan fingerprint density at radius 3 is 2.42 bits per heavy atom. The third kappa shape index (κ3) is 4.05. The minimum Gasteiger partial charge on any atom is -0.314 e. The maximum atomic E-state index is 12.2. The molecular formula is C18H24BrN3O2. The molecule has 2 fully saturated rings. The number of likely N-dealkylation sites (tertiary alicyclic amines) is 1. The molecule has 130 valence electrons. The number of rotatable bonds is 4. The van der Waals surface area contributed by atoms with E-state index in [4.69, 9.17) is 0 Å². The molecule has 0 atom stereocenters. The average Bonchev–Trinajstić information content (AvgIpc) is 2.55. The number of aryl methyl sites for hydroxylation is 1. The van der Waals surface area contributed by atoms with Crippen molar-refractivity contribution in [2.75, 3.05) is 26.2 Å². The van der Waals surface area contributed by atoms with Crippen LogP contribution in [0, 0.1) is 6.92 Å². The zero-order chi connectivity index (χ0) is 17.1. The monoisotopic (exact) mass is 393 g/mol. The lowest BCUT2D eigenvalue weighted by Crippen LogP contribution is -2.43. The Hall–Kier alpha value is -1.24. The number of hydrogen-bond donors (Lipinski definition) is 1. The molecule has 0 spiro atoms. The van der Waals surface area contributed by atoms with Crippen LogP contribution in [0.25, 0.3) is 0 Å². The SMILES string of the molecule is Cc1cc(Br)cc(CN2C(=O)CCCC2=O)c1CN1CCNCC1. The lowest BCUT2D eigenvalue weighted by atomic mass is 9.99. The number of hydrogen-bond acceptors (Lipinski definition) is 4. The van der Waals surface area contributed by atoms with Gasteiger partial charge in [-0.05, 0) is 42.2 Å². The van der Waals surface area contributed by atoms with E-state index in [2.05, 4.69) is 45.2 Å². The molecule has 2 heterocycles. The van der Waals surface area contributed by atoms with E-state index in [0.29, 0.717) is 25.8 Å². The van der Waals surface area contributed by atoms with Gasteiger partial charge in [-0.15, -0.1) is 0 Å². The van der Waals surface area contributed by atoms with E-state index in [9.17, 15) is 9.59 Å². The topological polar surface area (TPSA) is 52.7 Å². The van der Waals surface area contributed by atoms with E-state index in [0.717, 1.165) is 42.8 Å². The molecule has 2 saturated heterocycles. The van der Waals surface area contributed by atoms with Crippen molar-refractivity contribution in [1.29, 1.82) is 0 Å². The quantitative estimate of drug-likeness (QED) is 0.796. The lowest BCUT2D eigenvalue weighted by molar-refractivity contribution is -0.148. The van der Waals surface area contributed by atoms with Gasteiger partial charge in [0.2, 0.25) is 11.8 Å². The van der Waals surface area contributed by atoms with Crippen LogP contribution in [0.3, 0.4) is 0 Å². The molecule has 0 aromatic heterocycles. The number of carbonyl (C=O) groups excluding carboxylic acids is 2. The number of amides is 2. The molecule has 1 N–H and O–H groups in total. The normalized spacial score (nSPS) is 19.8. The Labute approximate surface area is 151 Å². The van der Waals surface area contributed by atoms with Crippen LogP contribution in [-0.2, 0) is 22.7 Å². The summed E-state index contributed by atoms with van der Waals surface area (Å²) in [5, 5.41) is 3.37. The maximum absolute atomic E-state index is 12.2. The Balaban J connectivity index is 1.85. The summed E-state index contributed by atoms with van der Waals surface area (Å²) in [6.07, 6.45) is 1.64. The fourth-order valence-corrected chi connectivity index (χ4v) is 4.07. The van der Waals surface area contributed by atoms with Gasteiger partial charge in [0.05, 0.1) is 6.54 Å². The van der Waals surface area contributed by atoms with Crippen LogP contribution in [0.5, 0.6) is 0 Å². The first-order valence-electron chi connectivity index (χ1n) is 8.59. The summed E-state index contributed by atoms with van der Waals surface area (Å²) in [5.41, 5.74) is 3.52. The molecule has 5 nitrogen and oxygen atoms in total. The van der Waals surface area contributed by atoms with Crippen LogP contribution in [0.2, 0.25) is 0 Å². The molecule has 2 amide bonds. The molecule has 24 heavy (non-hydrogen) atoms. The van der Waals surface area contributed by atoms with Gasteiger partial charge in [-0.25, -0.2) is 0 Å². The van der Waals surface area contributed by atoms with Crippen molar-refractivity contribution in [2.45, 2.75) is 39.3 Å². The van der Waals surface area contributed by atoms with Crippen LogP contribution in [0.4, 0.5) is 0 Å². The molecule has 0 bridgehead atoms. The van der Waals surface area contributed by atoms with Crippen molar-refractivity contribution >= 4 is 27.7 Å². The summed E-state index contributed by atoms with van der Waals surface area (Å²) in [7, 11) is 0. The van der Waals surface area contributed by atoms with E-state index in [1.54, 1.807) is 0 Å². The first-order chi connectivity index (χ1) is 11.5. The number of nitrogens with one attached hydrogen (secondary N) is 1. The molecule has 0 unspecified atom stereocenters. The number of carbonyl (C=O) groups is 2. The van der Waals surface area contributed by atoms with Gasteiger partial charge in [0.25, 0.3) is 0 Å². The van der Waals surface area contributed by atoms with E-state index in [1.165, 1.54) is 16.0 Å². The average molecular weight is 394 g/mol. The number of nitrogens with zero attached hydrogens (tertiary/aromatic N) is 2. The molecule has 0 aliphatic carbocycles. The number of piperazine rings is 1. The highest BCUT2D eigenvalue weighted by Crippen LogP contribution is 2.26. The predicted octanol–water partition coefficient (Wildman–Crippen LogP) is 2.20. The lowest BCUT2D eigenvalue weighted by Gasteiger charge is -2.30. The molecular weight excluding hydrogens is 370 g/mol. The van der Waals surface area contributed by atoms with Crippen molar-refractivity contribution in [3.8, 4) is 0 Å². The Bertz CT molecular complexity index is 625. The minimum atomic E-state index is -0.0444. The van der Waals surface area contributed by atoms with Crippen LogP contribution < -0.4 is 5.32 Å². The van der Waals surface area contributed by atoms with Gasteiger partial charge >= 0.3 is 0 Å². The van der Waals surface area contributed by atoms with Gasteiger partial charge in [-0.2, -0.15) is 0 Å². The molecule has 1 aromatic rings. The van der Waals surface area contributed by atoms with Crippen molar-refractivity contribution in [3.63, 3.8) is 0 Å². The molecule has 1 aromatic carbocycles. The number of benzene rings is 1. The second-order valence-electron chi connectivity index (χ2n) is 6.61. The van der Waals surface area contributed by atoms with Gasteiger partial charge in [0.15, 0.2) is 0 Å². The fourth-order valence-electron chi connectivity index (χ4n) is 3.45. The van der Waals surface area contributed by atoms with Gasteiger partial charge in [-0.1, -0.05) is 15.9 Å². The van der Waals surface area contributed by atoms with Crippen LogP contribution in [0.15, 0.2) is 16.6 Å². The zero-order valence-corrected chi connectivity index (χ0v) is 15.7. The molecule has 6 heteroatoms. The van der Waals surface area contributed by atoms with Gasteiger partial charge < -0.3 is 5.32 Å². The molecule has 3 rings (SSSR count). The highest BCUT2D eigenvalue weighted by molar-refractivity contribution is 9.10. The Kier molecular flexibility index (Phi) is 5.69. The molecule has 0 saturated carbocycles. The van der Waals surface area contributed by atoms with E-state index < -0.39 is 0 Å². The summed E-state index contributed by atoms with van der Waals surface area (Å²) in [6, 6.07) is 4.17. The molecule has 0 radical (unpaired) electrons. The zero-order valence-electron chi connectivity index (χ0n) is 14.1. The number of halogens is 1. The number of piperidine rings is 1. The van der Waals surface area contributed by atoms with Gasteiger partial charge in [0, 0.05) is 50.0 Å². The smallest absolute Gasteiger partial charge is 0.229 e. The van der Waals surface area contributed by atoms with E-state index in [1.807, 2.05) is 0 Å². The Morgan fingerprint density at radius 1 is 1.08 bits per heavy atom. The van der Waals surface area contributed by atoms with Crippen molar-refractivity contribution in [2.24, 2.45) is 0 Å². The first kappa shape index (κ1) is 17.6. The maximum Gasteiger partial charge on any atom is 0.229 e. The van der Waals surface area contributed by atoms with Crippen molar-refractivity contribution in [1.82, 2.24) is 15.1 Å². The van der Waals surface area contributed by atoms with Crippen molar-refractivity contribution in [3.05, 3.63) is 33.3 Å². The second kappa shape index (κ2) is 7.76. The summed E-state index contributed by atoms with van der Waals surface area (Å²) in [6.45, 7) is 7.42.